The van der Waals surface area contributed by atoms with Crippen molar-refractivity contribution < 1.29 is 0 Å². The Balaban J connectivity index is 2.50. The van der Waals surface area contributed by atoms with Gasteiger partial charge in [-0.3, -0.25) is 9.20 Å². The summed E-state index contributed by atoms with van der Waals surface area (Å²) in [5.74, 6) is 0.609. The fourth-order valence-corrected chi connectivity index (χ4v) is 2.18. The molecule has 0 fully saturated rings. The van der Waals surface area contributed by atoms with E-state index in [4.69, 9.17) is 0 Å². The molecular formula is C13H15BrN2O. The van der Waals surface area contributed by atoms with Crippen LogP contribution in [0.1, 0.15) is 26.0 Å². The third-order valence-corrected chi connectivity index (χ3v) is 3.50. The van der Waals surface area contributed by atoms with E-state index in [1.54, 1.807) is 10.6 Å². The molecule has 0 bridgehead atoms. The zero-order valence-electron chi connectivity index (χ0n) is 9.98. The molecule has 0 spiro atoms. The molecule has 2 aromatic heterocycles. The predicted molar refractivity (Wildman–Crippen MR) is 72.3 cm³/mol. The van der Waals surface area contributed by atoms with E-state index in [-0.39, 0.29) is 5.56 Å². The number of halogens is 1. The van der Waals surface area contributed by atoms with Crippen LogP contribution in [0.25, 0.3) is 5.65 Å². The summed E-state index contributed by atoms with van der Waals surface area (Å²) in [6.45, 7) is 4.34. The topological polar surface area (TPSA) is 34.4 Å². The molecule has 0 amide bonds. The van der Waals surface area contributed by atoms with Gasteiger partial charge in [-0.05, 0) is 46.8 Å². The first-order valence-corrected chi connectivity index (χ1v) is 6.54. The van der Waals surface area contributed by atoms with Crippen LogP contribution < -0.4 is 5.56 Å². The number of rotatable bonds is 3. The molecule has 0 aromatic carbocycles. The van der Waals surface area contributed by atoms with Gasteiger partial charge < -0.3 is 0 Å². The Labute approximate surface area is 109 Å². The Kier molecular flexibility index (Phi) is 3.62. The Morgan fingerprint density at radius 3 is 2.88 bits per heavy atom. The third-order valence-electron chi connectivity index (χ3n) is 2.71. The van der Waals surface area contributed by atoms with Gasteiger partial charge in [-0.15, -0.1) is 0 Å². The monoisotopic (exact) mass is 294 g/mol. The lowest BCUT2D eigenvalue weighted by molar-refractivity contribution is 0.580. The Bertz CT molecular complexity index is 589. The van der Waals surface area contributed by atoms with Gasteiger partial charge in [-0.1, -0.05) is 19.9 Å². The average Bonchev–Trinajstić information content (AvgIpc) is 2.32. The highest BCUT2D eigenvalue weighted by Crippen LogP contribution is 2.15. The van der Waals surface area contributed by atoms with Gasteiger partial charge in [-0.2, -0.15) is 0 Å². The maximum atomic E-state index is 12.1. The van der Waals surface area contributed by atoms with Crippen LogP contribution in [-0.4, -0.2) is 9.38 Å². The maximum Gasteiger partial charge on any atom is 0.272 e. The molecule has 0 unspecified atom stereocenters. The number of nitrogens with zero attached hydrogens (tertiary/aromatic N) is 2. The summed E-state index contributed by atoms with van der Waals surface area (Å²) in [5.41, 5.74) is 1.53. The van der Waals surface area contributed by atoms with Gasteiger partial charge in [0.1, 0.15) is 10.1 Å². The van der Waals surface area contributed by atoms with E-state index in [0.29, 0.717) is 16.0 Å². The van der Waals surface area contributed by atoms with Gasteiger partial charge in [0, 0.05) is 6.20 Å². The normalized spacial score (nSPS) is 11.3. The third kappa shape index (κ3) is 2.57. The SMILES string of the molecule is CC(C)CCc1nc2ccccn2c(=O)c1Br. The lowest BCUT2D eigenvalue weighted by Crippen LogP contribution is -2.18. The van der Waals surface area contributed by atoms with Crippen molar-refractivity contribution >= 4 is 21.6 Å². The minimum absolute atomic E-state index is 0.0330. The number of fused-ring (bicyclic) bond motifs is 1. The van der Waals surface area contributed by atoms with E-state index in [1.165, 1.54) is 0 Å². The fraction of sp³-hybridized carbons (Fsp3) is 0.385. The summed E-state index contributed by atoms with van der Waals surface area (Å²) in [6.07, 6.45) is 3.61. The molecule has 0 saturated heterocycles. The first-order chi connectivity index (χ1) is 8.09. The Hall–Kier alpha value is -1.16. The average molecular weight is 295 g/mol. The second kappa shape index (κ2) is 5.00. The summed E-state index contributed by atoms with van der Waals surface area (Å²) in [6, 6.07) is 5.57. The zero-order chi connectivity index (χ0) is 12.4. The second-order valence-corrected chi connectivity index (χ2v) is 5.33. The van der Waals surface area contributed by atoms with Crippen molar-refractivity contribution in [3.63, 3.8) is 0 Å². The van der Waals surface area contributed by atoms with Crippen LogP contribution in [0.4, 0.5) is 0 Å². The van der Waals surface area contributed by atoms with Gasteiger partial charge in [0.2, 0.25) is 0 Å². The summed E-state index contributed by atoms with van der Waals surface area (Å²) < 4.78 is 2.14. The number of hydrogen-bond acceptors (Lipinski definition) is 2. The van der Waals surface area contributed by atoms with E-state index in [0.717, 1.165) is 18.5 Å². The van der Waals surface area contributed by atoms with Crippen LogP contribution in [0.2, 0.25) is 0 Å². The molecule has 0 aliphatic heterocycles. The molecule has 4 heteroatoms. The minimum atomic E-state index is -0.0330. The molecule has 0 aliphatic carbocycles. The summed E-state index contributed by atoms with van der Waals surface area (Å²) in [7, 11) is 0. The molecule has 2 rings (SSSR count). The quantitative estimate of drug-likeness (QED) is 0.872. The number of pyridine rings is 1. The van der Waals surface area contributed by atoms with Crippen molar-refractivity contribution in [3.8, 4) is 0 Å². The van der Waals surface area contributed by atoms with Gasteiger partial charge in [0.25, 0.3) is 5.56 Å². The Morgan fingerprint density at radius 2 is 2.18 bits per heavy atom. The van der Waals surface area contributed by atoms with Crippen molar-refractivity contribution in [1.82, 2.24) is 9.38 Å². The van der Waals surface area contributed by atoms with Crippen LogP contribution in [0.5, 0.6) is 0 Å². The largest absolute Gasteiger partial charge is 0.272 e. The van der Waals surface area contributed by atoms with E-state index in [1.807, 2.05) is 18.2 Å². The number of hydrogen-bond donors (Lipinski definition) is 0. The first kappa shape index (κ1) is 12.3. The number of aromatic nitrogens is 2. The van der Waals surface area contributed by atoms with E-state index >= 15 is 0 Å². The fourth-order valence-electron chi connectivity index (χ4n) is 1.70. The van der Waals surface area contributed by atoms with Crippen LogP contribution in [0.3, 0.4) is 0 Å². The molecule has 0 radical (unpaired) electrons. The highest BCUT2D eigenvalue weighted by molar-refractivity contribution is 9.10. The minimum Gasteiger partial charge on any atom is -0.268 e. The van der Waals surface area contributed by atoms with Crippen LogP contribution in [0.15, 0.2) is 33.7 Å². The van der Waals surface area contributed by atoms with Crippen LogP contribution in [0, 0.1) is 5.92 Å². The van der Waals surface area contributed by atoms with Crippen molar-refractivity contribution in [2.24, 2.45) is 5.92 Å². The van der Waals surface area contributed by atoms with E-state index < -0.39 is 0 Å². The highest BCUT2D eigenvalue weighted by Gasteiger charge is 2.10. The molecule has 0 N–H and O–H groups in total. The summed E-state index contributed by atoms with van der Waals surface area (Å²) >= 11 is 3.36. The molecule has 3 nitrogen and oxygen atoms in total. The molecule has 0 saturated carbocycles. The molecule has 0 atom stereocenters. The van der Waals surface area contributed by atoms with Gasteiger partial charge in [0.15, 0.2) is 0 Å². The zero-order valence-corrected chi connectivity index (χ0v) is 11.6. The van der Waals surface area contributed by atoms with Crippen molar-refractivity contribution in [3.05, 3.63) is 44.9 Å². The molecule has 2 aromatic rings. The van der Waals surface area contributed by atoms with E-state index in [2.05, 4.69) is 34.8 Å². The maximum absolute atomic E-state index is 12.1. The van der Waals surface area contributed by atoms with Gasteiger partial charge in [0.05, 0.1) is 5.69 Å². The molecular weight excluding hydrogens is 280 g/mol. The molecule has 90 valence electrons. The summed E-state index contributed by atoms with van der Waals surface area (Å²) in [4.78, 5) is 16.6. The standard InChI is InChI=1S/C13H15BrN2O/c1-9(2)6-7-10-12(14)13(17)16-8-4-3-5-11(16)15-10/h3-5,8-9H,6-7H2,1-2H3. The van der Waals surface area contributed by atoms with Gasteiger partial charge in [-0.25, -0.2) is 4.98 Å². The van der Waals surface area contributed by atoms with Crippen molar-refractivity contribution in [1.29, 1.82) is 0 Å². The van der Waals surface area contributed by atoms with Crippen LogP contribution >= 0.6 is 15.9 Å². The Morgan fingerprint density at radius 1 is 1.41 bits per heavy atom. The second-order valence-electron chi connectivity index (χ2n) is 4.54. The predicted octanol–water partition coefficient (Wildman–Crippen LogP) is 3.05. The molecule has 17 heavy (non-hydrogen) atoms. The lowest BCUT2D eigenvalue weighted by atomic mass is 10.1. The van der Waals surface area contributed by atoms with Crippen molar-refractivity contribution in [2.75, 3.05) is 0 Å². The lowest BCUT2D eigenvalue weighted by Gasteiger charge is -2.08. The summed E-state index contributed by atoms with van der Waals surface area (Å²) in [5, 5.41) is 0. The van der Waals surface area contributed by atoms with Crippen LogP contribution in [-0.2, 0) is 6.42 Å². The van der Waals surface area contributed by atoms with Crippen molar-refractivity contribution in [2.45, 2.75) is 26.7 Å². The number of aryl methyl sites for hydroxylation is 1. The molecule has 0 aliphatic rings. The highest BCUT2D eigenvalue weighted by atomic mass is 79.9. The molecule has 2 heterocycles. The first-order valence-electron chi connectivity index (χ1n) is 5.75. The van der Waals surface area contributed by atoms with E-state index in [9.17, 15) is 4.79 Å². The van der Waals surface area contributed by atoms with Gasteiger partial charge >= 0.3 is 0 Å². The smallest absolute Gasteiger partial charge is 0.268 e.